The van der Waals surface area contributed by atoms with Gasteiger partial charge in [-0.1, -0.05) is 0 Å². The van der Waals surface area contributed by atoms with E-state index in [1.807, 2.05) is 13.8 Å². The van der Waals surface area contributed by atoms with E-state index in [4.69, 9.17) is 9.47 Å². The minimum absolute atomic E-state index is 0.135. The molecular weight excluding hydrogens is 272 g/mol. The maximum absolute atomic E-state index is 11.7. The highest BCUT2D eigenvalue weighted by atomic mass is 16.6. The molecule has 0 spiro atoms. The molecule has 0 aromatic heterocycles. The monoisotopic (exact) mass is 290 g/mol. The van der Waals surface area contributed by atoms with Crippen molar-refractivity contribution in [3.63, 3.8) is 0 Å². The number of rotatable bonds is 2. The van der Waals surface area contributed by atoms with E-state index in [2.05, 4.69) is 0 Å². The minimum Gasteiger partial charge on any atom is -0.508 e. The van der Waals surface area contributed by atoms with Crippen LogP contribution in [-0.2, 0) is 14.3 Å². The van der Waals surface area contributed by atoms with Crippen LogP contribution in [0.25, 0.3) is 0 Å². The van der Waals surface area contributed by atoms with Crippen LogP contribution in [0.5, 0.6) is 11.5 Å². The van der Waals surface area contributed by atoms with Crippen LogP contribution in [0.4, 0.5) is 0 Å². The van der Waals surface area contributed by atoms with Crippen molar-refractivity contribution in [1.29, 1.82) is 0 Å². The van der Waals surface area contributed by atoms with Gasteiger partial charge in [0.1, 0.15) is 11.5 Å². The summed E-state index contributed by atoms with van der Waals surface area (Å²) in [5, 5.41) is 9.68. The van der Waals surface area contributed by atoms with Crippen molar-refractivity contribution in [3.8, 4) is 11.5 Å². The van der Waals surface area contributed by atoms with E-state index in [1.165, 1.54) is 0 Å². The van der Waals surface area contributed by atoms with Crippen LogP contribution in [0.15, 0.2) is 12.1 Å². The summed E-state index contributed by atoms with van der Waals surface area (Å²) in [6.45, 7) is 3.84. The molecule has 1 saturated heterocycles. The van der Waals surface area contributed by atoms with Crippen molar-refractivity contribution < 1.29 is 24.2 Å². The molecule has 1 N–H and O–H groups in total. The normalized spacial score (nSPS) is 28.2. The summed E-state index contributed by atoms with van der Waals surface area (Å²) in [6.07, 6.45) is 1.67. The van der Waals surface area contributed by atoms with Gasteiger partial charge in [-0.2, -0.15) is 0 Å². The molecule has 2 fully saturated rings. The summed E-state index contributed by atoms with van der Waals surface area (Å²) in [4.78, 5) is 23.2. The average Bonchev–Trinajstić information content (AvgIpc) is 2.70. The van der Waals surface area contributed by atoms with E-state index in [0.29, 0.717) is 25.0 Å². The maximum atomic E-state index is 11.7. The van der Waals surface area contributed by atoms with Crippen molar-refractivity contribution >= 4 is 11.9 Å². The number of aryl methyl sites for hydroxylation is 1. The molecule has 0 amide bonds. The summed E-state index contributed by atoms with van der Waals surface area (Å²) in [5.74, 6) is -0.708. The lowest BCUT2D eigenvalue weighted by molar-refractivity contribution is -0.153. The molecule has 112 valence electrons. The standard InChI is InChI=1S/C16H18O5/c1-8-5-10(17)6-14(9(8)2)20-11-3-4-12-13(7-11)16(19)21-15(12)18/h5-6,11-13,17H,3-4,7H2,1-2H3. The van der Waals surface area contributed by atoms with E-state index >= 15 is 0 Å². The summed E-state index contributed by atoms with van der Waals surface area (Å²) in [7, 11) is 0. The van der Waals surface area contributed by atoms with Crippen LogP contribution in [0, 0.1) is 25.7 Å². The molecule has 1 aromatic rings. The highest BCUT2D eigenvalue weighted by molar-refractivity contribution is 5.96. The number of carbonyl (C=O) groups is 2. The van der Waals surface area contributed by atoms with Gasteiger partial charge in [-0.05, 0) is 50.3 Å². The molecule has 21 heavy (non-hydrogen) atoms. The number of fused-ring (bicyclic) bond motifs is 1. The summed E-state index contributed by atoms with van der Waals surface area (Å²) < 4.78 is 10.7. The van der Waals surface area contributed by atoms with Gasteiger partial charge in [0.15, 0.2) is 0 Å². The Balaban J connectivity index is 1.75. The maximum Gasteiger partial charge on any atom is 0.317 e. The van der Waals surface area contributed by atoms with Gasteiger partial charge in [0, 0.05) is 6.07 Å². The van der Waals surface area contributed by atoms with Gasteiger partial charge in [-0.3, -0.25) is 9.59 Å². The quantitative estimate of drug-likeness (QED) is 0.668. The summed E-state index contributed by atoms with van der Waals surface area (Å²) in [6, 6.07) is 3.28. The first-order chi connectivity index (χ1) is 9.95. The first-order valence-corrected chi connectivity index (χ1v) is 7.18. The molecular formula is C16H18O5. The van der Waals surface area contributed by atoms with Crippen LogP contribution in [0.1, 0.15) is 30.4 Å². The van der Waals surface area contributed by atoms with Crippen LogP contribution in [0.2, 0.25) is 0 Å². The average molecular weight is 290 g/mol. The number of benzene rings is 1. The van der Waals surface area contributed by atoms with Crippen molar-refractivity contribution in [2.75, 3.05) is 0 Å². The second-order valence-corrected chi connectivity index (χ2v) is 5.89. The molecule has 1 saturated carbocycles. The predicted molar refractivity (Wildman–Crippen MR) is 73.9 cm³/mol. The molecule has 1 aliphatic carbocycles. The number of carbonyl (C=O) groups excluding carboxylic acids is 2. The number of phenols is 1. The molecule has 3 unspecified atom stereocenters. The van der Waals surface area contributed by atoms with Crippen molar-refractivity contribution in [1.82, 2.24) is 0 Å². The van der Waals surface area contributed by atoms with Crippen LogP contribution >= 0.6 is 0 Å². The van der Waals surface area contributed by atoms with Crippen molar-refractivity contribution in [2.24, 2.45) is 11.8 Å². The van der Waals surface area contributed by atoms with Gasteiger partial charge < -0.3 is 14.6 Å². The number of hydrogen-bond donors (Lipinski definition) is 1. The minimum atomic E-state index is -0.429. The molecule has 2 aliphatic rings. The van der Waals surface area contributed by atoms with Gasteiger partial charge in [0.25, 0.3) is 0 Å². The predicted octanol–water partition coefficient (Wildman–Crippen LogP) is 2.26. The third-order valence-corrected chi connectivity index (χ3v) is 4.51. The zero-order chi connectivity index (χ0) is 15.1. The van der Waals surface area contributed by atoms with E-state index in [9.17, 15) is 14.7 Å². The topological polar surface area (TPSA) is 72.8 Å². The molecule has 5 nitrogen and oxygen atoms in total. The first-order valence-electron chi connectivity index (χ1n) is 7.18. The lowest BCUT2D eigenvalue weighted by Crippen LogP contribution is -2.33. The number of esters is 2. The Kier molecular flexibility index (Phi) is 3.35. The number of aromatic hydroxyl groups is 1. The Morgan fingerprint density at radius 1 is 1.14 bits per heavy atom. The van der Waals surface area contributed by atoms with E-state index in [0.717, 1.165) is 11.1 Å². The number of cyclic esters (lactones) is 2. The van der Waals surface area contributed by atoms with E-state index in [1.54, 1.807) is 12.1 Å². The molecule has 3 atom stereocenters. The van der Waals surface area contributed by atoms with Crippen LogP contribution < -0.4 is 4.74 Å². The van der Waals surface area contributed by atoms with Gasteiger partial charge >= 0.3 is 11.9 Å². The lowest BCUT2D eigenvalue weighted by atomic mass is 9.79. The Labute approximate surface area is 122 Å². The smallest absolute Gasteiger partial charge is 0.317 e. The summed E-state index contributed by atoms with van der Waals surface area (Å²) >= 11 is 0. The molecule has 3 rings (SSSR count). The SMILES string of the molecule is Cc1cc(O)cc(OC2CCC3C(=O)OC(=O)C3C2)c1C. The van der Waals surface area contributed by atoms with Crippen molar-refractivity contribution in [3.05, 3.63) is 23.3 Å². The van der Waals surface area contributed by atoms with Crippen molar-refractivity contribution in [2.45, 2.75) is 39.2 Å². The Morgan fingerprint density at radius 3 is 2.62 bits per heavy atom. The highest BCUT2D eigenvalue weighted by Gasteiger charge is 2.48. The second kappa shape index (κ2) is 5.06. The number of hydrogen-bond acceptors (Lipinski definition) is 5. The molecule has 1 aromatic carbocycles. The fraction of sp³-hybridized carbons (Fsp3) is 0.500. The Hall–Kier alpha value is -2.04. The number of ether oxygens (including phenoxy) is 2. The Bertz CT molecular complexity index is 607. The summed E-state index contributed by atoms with van der Waals surface area (Å²) in [5.41, 5.74) is 1.93. The number of phenolic OH excluding ortho intramolecular Hbond substituents is 1. The fourth-order valence-electron chi connectivity index (χ4n) is 3.14. The molecule has 1 aliphatic heterocycles. The molecule has 1 heterocycles. The highest BCUT2D eigenvalue weighted by Crippen LogP contribution is 2.39. The molecule has 0 radical (unpaired) electrons. The van der Waals surface area contributed by atoms with Crippen LogP contribution in [-0.4, -0.2) is 23.1 Å². The third-order valence-electron chi connectivity index (χ3n) is 4.51. The van der Waals surface area contributed by atoms with Gasteiger partial charge in [-0.15, -0.1) is 0 Å². The van der Waals surface area contributed by atoms with E-state index < -0.39 is 11.9 Å². The third kappa shape index (κ3) is 2.48. The molecule has 5 heteroatoms. The first kappa shape index (κ1) is 13.9. The zero-order valence-electron chi connectivity index (χ0n) is 12.1. The fourth-order valence-corrected chi connectivity index (χ4v) is 3.14. The molecule has 0 bridgehead atoms. The van der Waals surface area contributed by atoms with Gasteiger partial charge in [0.2, 0.25) is 0 Å². The Morgan fingerprint density at radius 2 is 1.86 bits per heavy atom. The zero-order valence-corrected chi connectivity index (χ0v) is 12.1. The second-order valence-electron chi connectivity index (χ2n) is 5.89. The van der Waals surface area contributed by atoms with Gasteiger partial charge in [0.05, 0.1) is 17.9 Å². The lowest BCUT2D eigenvalue weighted by Gasteiger charge is -2.29. The van der Waals surface area contributed by atoms with Gasteiger partial charge in [-0.25, -0.2) is 0 Å². The van der Waals surface area contributed by atoms with Crippen LogP contribution in [0.3, 0.4) is 0 Å². The van der Waals surface area contributed by atoms with E-state index in [-0.39, 0.29) is 23.7 Å². The largest absolute Gasteiger partial charge is 0.508 e.